The van der Waals surface area contributed by atoms with E-state index in [0.717, 1.165) is 22.4 Å². The summed E-state index contributed by atoms with van der Waals surface area (Å²) in [5.41, 5.74) is 4.38. The van der Waals surface area contributed by atoms with Gasteiger partial charge >= 0.3 is 6.03 Å². The van der Waals surface area contributed by atoms with Crippen molar-refractivity contribution in [2.75, 3.05) is 0 Å². The number of nitrogens with zero attached hydrogens (tertiary/aromatic N) is 2. The van der Waals surface area contributed by atoms with Crippen molar-refractivity contribution in [1.29, 1.82) is 0 Å². The van der Waals surface area contributed by atoms with Gasteiger partial charge in [0.05, 0.1) is 6.54 Å². The van der Waals surface area contributed by atoms with Gasteiger partial charge in [0.15, 0.2) is 0 Å². The fraction of sp³-hybridized carbons (Fsp3) is 0.160. The van der Waals surface area contributed by atoms with E-state index >= 15 is 0 Å². The third kappa shape index (κ3) is 4.63. The van der Waals surface area contributed by atoms with E-state index < -0.39 is 6.03 Å². The van der Waals surface area contributed by atoms with Gasteiger partial charge in [-0.2, -0.15) is 4.99 Å². The molecule has 3 amide bonds. The summed E-state index contributed by atoms with van der Waals surface area (Å²) in [5.74, 6) is 0.421. The molecule has 0 radical (unpaired) electrons. The maximum absolute atomic E-state index is 12.6. The number of carbonyl (C=O) groups is 2. The van der Waals surface area contributed by atoms with E-state index in [0.29, 0.717) is 13.0 Å². The first-order chi connectivity index (χ1) is 14.6. The zero-order valence-corrected chi connectivity index (χ0v) is 16.7. The Labute approximate surface area is 175 Å². The molecule has 0 atom stereocenters. The summed E-state index contributed by atoms with van der Waals surface area (Å²) in [6, 6.07) is 24.7. The van der Waals surface area contributed by atoms with Crippen LogP contribution < -0.4 is 4.74 Å². The number of imide groups is 1. The highest BCUT2D eigenvalue weighted by molar-refractivity contribution is 6.46. The molecular weight excluding hydrogens is 376 g/mol. The Hall–Kier alpha value is -3.73. The van der Waals surface area contributed by atoms with E-state index in [1.807, 2.05) is 66.7 Å². The summed E-state index contributed by atoms with van der Waals surface area (Å²) in [5, 5.41) is 0. The van der Waals surface area contributed by atoms with Gasteiger partial charge in [0.1, 0.15) is 18.1 Å². The predicted octanol–water partition coefficient (Wildman–Crippen LogP) is 4.72. The molecule has 0 fully saturated rings. The standard InChI is InChI=1S/C25H22N2O3/c1-18-7-9-21(10-8-18)17-30-22-13-11-19(12-14-22)15-23-24(28)27(25(29)26-23)16-20-5-3-2-4-6-20/h2-14H,15-17H2,1H3. The minimum atomic E-state index is -0.503. The van der Waals surface area contributed by atoms with Gasteiger partial charge in [-0.25, -0.2) is 4.79 Å². The summed E-state index contributed by atoms with van der Waals surface area (Å²) >= 11 is 0. The number of ether oxygens (including phenoxy) is 1. The highest BCUT2D eigenvalue weighted by Crippen LogP contribution is 2.18. The quantitative estimate of drug-likeness (QED) is 0.579. The van der Waals surface area contributed by atoms with Crippen molar-refractivity contribution in [2.45, 2.75) is 26.5 Å². The SMILES string of the molecule is Cc1ccc(COc2ccc(CC3=NC(=O)N(Cc4ccccc4)C3=O)cc2)cc1. The van der Waals surface area contributed by atoms with Gasteiger partial charge in [-0.3, -0.25) is 9.69 Å². The molecule has 5 nitrogen and oxygen atoms in total. The number of amides is 3. The molecule has 0 spiro atoms. The third-order valence-corrected chi connectivity index (χ3v) is 4.96. The van der Waals surface area contributed by atoms with Gasteiger partial charge in [-0.1, -0.05) is 72.3 Å². The number of carbonyl (C=O) groups excluding carboxylic acids is 2. The van der Waals surface area contributed by atoms with Gasteiger partial charge in [-0.05, 0) is 35.7 Å². The normalized spacial score (nSPS) is 13.5. The fourth-order valence-electron chi connectivity index (χ4n) is 3.23. The monoisotopic (exact) mass is 398 g/mol. The maximum Gasteiger partial charge on any atom is 0.351 e. The van der Waals surface area contributed by atoms with E-state index in [1.165, 1.54) is 10.5 Å². The number of hydrogen-bond acceptors (Lipinski definition) is 3. The smallest absolute Gasteiger partial charge is 0.351 e. The van der Waals surface area contributed by atoms with Crippen LogP contribution in [0.2, 0.25) is 0 Å². The van der Waals surface area contributed by atoms with E-state index in [-0.39, 0.29) is 18.2 Å². The molecule has 0 unspecified atom stereocenters. The minimum Gasteiger partial charge on any atom is -0.489 e. The first-order valence-corrected chi connectivity index (χ1v) is 9.83. The molecule has 30 heavy (non-hydrogen) atoms. The lowest BCUT2D eigenvalue weighted by Crippen LogP contribution is -2.32. The van der Waals surface area contributed by atoms with Crippen molar-refractivity contribution in [3.63, 3.8) is 0 Å². The lowest BCUT2D eigenvalue weighted by atomic mass is 10.1. The zero-order chi connectivity index (χ0) is 20.9. The van der Waals surface area contributed by atoms with Crippen molar-refractivity contribution < 1.29 is 14.3 Å². The highest BCUT2D eigenvalue weighted by atomic mass is 16.5. The lowest BCUT2D eigenvalue weighted by Gasteiger charge is -2.13. The van der Waals surface area contributed by atoms with E-state index in [2.05, 4.69) is 24.0 Å². The van der Waals surface area contributed by atoms with Crippen LogP contribution in [0.3, 0.4) is 0 Å². The molecule has 150 valence electrons. The second-order valence-corrected chi connectivity index (χ2v) is 7.31. The fourth-order valence-corrected chi connectivity index (χ4v) is 3.23. The number of urea groups is 1. The van der Waals surface area contributed by atoms with E-state index in [1.54, 1.807) is 0 Å². The molecule has 0 bridgehead atoms. The Bertz CT molecular complexity index is 1070. The summed E-state index contributed by atoms with van der Waals surface area (Å²) in [7, 11) is 0. The topological polar surface area (TPSA) is 59.0 Å². The average Bonchev–Trinajstić information content (AvgIpc) is 3.02. The molecule has 0 saturated carbocycles. The van der Waals surface area contributed by atoms with Crippen LogP contribution in [0, 0.1) is 6.92 Å². The Kier molecular flexibility index (Phi) is 5.70. The zero-order valence-electron chi connectivity index (χ0n) is 16.7. The van der Waals surface area contributed by atoms with Crippen LogP contribution in [-0.4, -0.2) is 22.5 Å². The molecule has 5 heteroatoms. The summed E-state index contributed by atoms with van der Waals surface area (Å²) in [4.78, 5) is 30.0. The van der Waals surface area contributed by atoms with Crippen LogP contribution in [0.1, 0.15) is 22.3 Å². The van der Waals surface area contributed by atoms with Gasteiger partial charge in [-0.15, -0.1) is 0 Å². The summed E-state index contributed by atoms with van der Waals surface area (Å²) in [6.45, 7) is 2.78. The Morgan fingerprint density at radius 1 is 0.800 bits per heavy atom. The number of rotatable bonds is 7. The molecule has 3 aromatic carbocycles. The first kappa shape index (κ1) is 19.6. The lowest BCUT2D eigenvalue weighted by molar-refractivity contribution is -0.121. The van der Waals surface area contributed by atoms with Crippen LogP contribution in [-0.2, 0) is 24.4 Å². The van der Waals surface area contributed by atoms with Crippen LogP contribution in [0.15, 0.2) is 83.9 Å². The predicted molar refractivity (Wildman–Crippen MR) is 115 cm³/mol. The third-order valence-electron chi connectivity index (χ3n) is 4.96. The summed E-state index contributed by atoms with van der Waals surface area (Å²) < 4.78 is 5.82. The average molecular weight is 398 g/mol. The second-order valence-electron chi connectivity index (χ2n) is 7.31. The Morgan fingerprint density at radius 3 is 2.17 bits per heavy atom. The molecule has 0 aliphatic carbocycles. The molecule has 0 saturated heterocycles. The molecule has 1 heterocycles. The van der Waals surface area contributed by atoms with Gasteiger partial charge < -0.3 is 4.74 Å². The number of benzene rings is 3. The number of aryl methyl sites for hydroxylation is 1. The Balaban J connectivity index is 1.35. The van der Waals surface area contributed by atoms with Crippen molar-refractivity contribution in [3.8, 4) is 5.75 Å². The maximum atomic E-state index is 12.6. The van der Waals surface area contributed by atoms with Crippen LogP contribution in [0.25, 0.3) is 0 Å². The first-order valence-electron chi connectivity index (χ1n) is 9.83. The van der Waals surface area contributed by atoms with Crippen LogP contribution >= 0.6 is 0 Å². The number of hydrogen-bond donors (Lipinski definition) is 0. The molecule has 0 aromatic heterocycles. The second kappa shape index (κ2) is 8.74. The van der Waals surface area contributed by atoms with Gasteiger partial charge in [0.25, 0.3) is 5.91 Å². The number of aliphatic imine (C=N–C) groups is 1. The minimum absolute atomic E-state index is 0.233. The van der Waals surface area contributed by atoms with Crippen molar-refractivity contribution in [3.05, 3.63) is 101 Å². The molecule has 1 aliphatic heterocycles. The largest absolute Gasteiger partial charge is 0.489 e. The molecule has 0 N–H and O–H groups in total. The van der Waals surface area contributed by atoms with Crippen molar-refractivity contribution >= 4 is 17.6 Å². The van der Waals surface area contributed by atoms with Gasteiger partial charge in [0, 0.05) is 6.42 Å². The van der Waals surface area contributed by atoms with Crippen molar-refractivity contribution in [2.24, 2.45) is 4.99 Å². The molecular formula is C25H22N2O3. The van der Waals surface area contributed by atoms with Gasteiger partial charge in [0.2, 0.25) is 0 Å². The van der Waals surface area contributed by atoms with E-state index in [4.69, 9.17) is 4.74 Å². The molecule has 3 aromatic rings. The van der Waals surface area contributed by atoms with Crippen LogP contribution in [0.4, 0.5) is 4.79 Å². The highest BCUT2D eigenvalue weighted by Gasteiger charge is 2.32. The van der Waals surface area contributed by atoms with Crippen LogP contribution in [0.5, 0.6) is 5.75 Å². The van der Waals surface area contributed by atoms with Crippen molar-refractivity contribution in [1.82, 2.24) is 4.90 Å². The summed E-state index contributed by atoms with van der Waals surface area (Å²) in [6.07, 6.45) is 0.314. The van der Waals surface area contributed by atoms with E-state index in [9.17, 15) is 9.59 Å². The molecule has 4 rings (SSSR count). The Morgan fingerprint density at radius 2 is 1.47 bits per heavy atom. The molecule has 1 aliphatic rings.